The van der Waals surface area contributed by atoms with Gasteiger partial charge in [-0.05, 0) is 30.4 Å². The van der Waals surface area contributed by atoms with Gasteiger partial charge >= 0.3 is 0 Å². The van der Waals surface area contributed by atoms with Crippen LogP contribution in [-0.2, 0) is 0 Å². The molecule has 94 valence electrons. The van der Waals surface area contributed by atoms with Gasteiger partial charge in [-0.25, -0.2) is 4.98 Å². The maximum Gasteiger partial charge on any atom is 0.128 e. The third-order valence-corrected chi connectivity index (χ3v) is 3.61. The van der Waals surface area contributed by atoms with Gasteiger partial charge in [0.05, 0.1) is 0 Å². The molecule has 2 aliphatic heterocycles. The number of hydrogen-bond acceptors (Lipinski definition) is 3. The zero-order valence-corrected chi connectivity index (χ0v) is 11.1. The number of pyridine rings is 1. The van der Waals surface area contributed by atoms with Crippen LogP contribution in [0.3, 0.4) is 0 Å². The standard InChI is InChI=1S/C12H17N3.C2H6/c1-9-2-3-12(14-4-9)15-7-10-5-13-6-11(10)8-15;1-2/h2-4,10-11,13H,5-8H2,1H3;1-2H3. The maximum atomic E-state index is 4.49. The van der Waals surface area contributed by atoms with E-state index in [4.69, 9.17) is 0 Å². The van der Waals surface area contributed by atoms with Crippen molar-refractivity contribution in [3.05, 3.63) is 23.9 Å². The van der Waals surface area contributed by atoms with Crippen LogP contribution in [0.15, 0.2) is 18.3 Å². The number of nitrogens with zero attached hydrogens (tertiary/aromatic N) is 2. The fourth-order valence-corrected chi connectivity index (χ4v) is 2.69. The minimum absolute atomic E-state index is 0.841. The molecule has 3 nitrogen and oxygen atoms in total. The molecule has 0 amide bonds. The van der Waals surface area contributed by atoms with Gasteiger partial charge in [-0.2, -0.15) is 0 Å². The van der Waals surface area contributed by atoms with Gasteiger partial charge in [-0.15, -0.1) is 0 Å². The Bertz CT molecular complexity index is 335. The predicted molar refractivity (Wildman–Crippen MR) is 72.4 cm³/mol. The van der Waals surface area contributed by atoms with E-state index in [1.54, 1.807) is 0 Å². The molecule has 2 atom stereocenters. The Hall–Kier alpha value is -1.09. The molecule has 0 aromatic carbocycles. The van der Waals surface area contributed by atoms with Crippen LogP contribution in [0.5, 0.6) is 0 Å². The molecular formula is C14H23N3. The molecule has 0 aliphatic carbocycles. The van der Waals surface area contributed by atoms with E-state index in [0.29, 0.717) is 0 Å². The van der Waals surface area contributed by atoms with E-state index in [1.165, 1.54) is 31.7 Å². The van der Waals surface area contributed by atoms with Crippen molar-refractivity contribution in [2.24, 2.45) is 11.8 Å². The third kappa shape index (κ3) is 2.60. The van der Waals surface area contributed by atoms with Gasteiger partial charge in [0.15, 0.2) is 0 Å². The Morgan fingerprint density at radius 3 is 2.35 bits per heavy atom. The molecule has 2 saturated heterocycles. The summed E-state index contributed by atoms with van der Waals surface area (Å²) >= 11 is 0. The lowest BCUT2D eigenvalue weighted by molar-refractivity contribution is 0.533. The van der Waals surface area contributed by atoms with Crippen molar-refractivity contribution in [2.75, 3.05) is 31.1 Å². The van der Waals surface area contributed by atoms with Crippen LogP contribution in [0.4, 0.5) is 5.82 Å². The van der Waals surface area contributed by atoms with E-state index in [9.17, 15) is 0 Å². The summed E-state index contributed by atoms with van der Waals surface area (Å²) in [5, 5.41) is 3.46. The molecule has 2 aliphatic rings. The Morgan fingerprint density at radius 1 is 1.18 bits per heavy atom. The number of fused-ring (bicyclic) bond motifs is 1. The van der Waals surface area contributed by atoms with Crippen LogP contribution >= 0.6 is 0 Å². The summed E-state index contributed by atoms with van der Waals surface area (Å²) in [6.45, 7) is 10.8. The molecule has 0 spiro atoms. The van der Waals surface area contributed by atoms with Gasteiger partial charge in [0.1, 0.15) is 5.82 Å². The largest absolute Gasteiger partial charge is 0.356 e. The van der Waals surface area contributed by atoms with Crippen LogP contribution in [0.1, 0.15) is 19.4 Å². The van der Waals surface area contributed by atoms with Crippen molar-refractivity contribution in [3.8, 4) is 0 Å². The van der Waals surface area contributed by atoms with E-state index in [-0.39, 0.29) is 0 Å². The van der Waals surface area contributed by atoms with Crippen molar-refractivity contribution in [2.45, 2.75) is 20.8 Å². The molecule has 2 fully saturated rings. The lowest BCUT2D eigenvalue weighted by atomic mass is 10.0. The third-order valence-electron chi connectivity index (χ3n) is 3.61. The minimum atomic E-state index is 0.841. The SMILES string of the molecule is CC.Cc1ccc(N2CC3CNCC3C2)nc1. The van der Waals surface area contributed by atoms with Gasteiger partial charge in [0.2, 0.25) is 0 Å². The molecule has 0 radical (unpaired) electrons. The van der Waals surface area contributed by atoms with Crippen LogP contribution in [-0.4, -0.2) is 31.2 Å². The summed E-state index contributed by atoms with van der Waals surface area (Å²) in [5.41, 5.74) is 1.24. The van der Waals surface area contributed by atoms with Crippen molar-refractivity contribution < 1.29 is 0 Å². The first-order valence-corrected chi connectivity index (χ1v) is 6.71. The smallest absolute Gasteiger partial charge is 0.128 e. The van der Waals surface area contributed by atoms with Crippen LogP contribution < -0.4 is 10.2 Å². The number of rotatable bonds is 1. The molecule has 3 rings (SSSR count). The van der Waals surface area contributed by atoms with E-state index >= 15 is 0 Å². The first-order valence-electron chi connectivity index (χ1n) is 6.71. The number of aryl methyl sites for hydroxylation is 1. The lowest BCUT2D eigenvalue weighted by Crippen LogP contribution is -2.26. The summed E-state index contributed by atoms with van der Waals surface area (Å²) in [6, 6.07) is 4.29. The Labute approximate surface area is 104 Å². The van der Waals surface area contributed by atoms with Crippen molar-refractivity contribution >= 4 is 5.82 Å². The Balaban J connectivity index is 0.000000514. The number of aromatic nitrogens is 1. The van der Waals surface area contributed by atoms with Gasteiger partial charge in [-0.1, -0.05) is 19.9 Å². The topological polar surface area (TPSA) is 28.2 Å². The number of nitrogens with one attached hydrogen (secondary N) is 1. The molecule has 0 bridgehead atoms. The fourth-order valence-electron chi connectivity index (χ4n) is 2.69. The van der Waals surface area contributed by atoms with E-state index in [2.05, 4.69) is 34.3 Å². The van der Waals surface area contributed by atoms with Crippen LogP contribution in [0, 0.1) is 18.8 Å². The predicted octanol–water partition coefficient (Wildman–Crippen LogP) is 2.07. The van der Waals surface area contributed by atoms with Gasteiger partial charge in [0.25, 0.3) is 0 Å². The van der Waals surface area contributed by atoms with Crippen molar-refractivity contribution in [1.29, 1.82) is 0 Å². The summed E-state index contributed by atoms with van der Waals surface area (Å²) in [7, 11) is 0. The first-order chi connectivity index (χ1) is 8.33. The van der Waals surface area contributed by atoms with Crippen molar-refractivity contribution in [1.82, 2.24) is 10.3 Å². The minimum Gasteiger partial charge on any atom is -0.356 e. The maximum absolute atomic E-state index is 4.49. The Kier molecular flexibility index (Phi) is 4.00. The van der Waals surface area contributed by atoms with E-state index in [1.807, 2.05) is 20.0 Å². The molecule has 1 N–H and O–H groups in total. The number of anilines is 1. The van der Waals surface area contributed by atoms with Gasteiger partial charge < -0.3 is 10.2 Å². The van der Waals surface area contributed by atoms with Gasteiger partial charge in [0, 0.05) is 32.4 Å². The summed E-state index contributed by atoms with van der Waals surface area (Å²) < 4.78 is 0. The van der Waals surface area contributed by atoms with Crippen LogP contribution in [0.25, 0.3) is 0 Å². The quantitative estimate of drug-likeness (QED) is 0.805. The highest BCUT2D eigenvalue weighted by molar-refractivity contribution is 5.41. The average Bonchev–Trinajstić information content (AvgIpc) is 2.93. The molecular weight excluding hydrogens is 210 g/mol. The van der Waals surface area contributed by atoms with E-state index in [0.717, 1.165) is 17.7 Å². The Morgan fingerprint density at radius 2 is 1.82 bits per heavy atom. The second-order valence-electron chi connectivity index (χ2n) is 4.78. The van der Waals surface area contributed by atoms with Gasteiger partial charge in [-0.3, -0.25) is 0 Å². The molecule has 1 aromatic heterocycles. The van der Waals surface area contributed by atoms with Crippen molar-refractivity contribution in [3.63, 3.8) is 0 Å². The molecule has 0 saturated carbocycles. The highest BCUT2D eigenvalue weighted by atomic mass is 15.2. The summed E-state index contributed by atoms with van der Waals surface area (Å²) in [5.74, 6) is 2.83. The monoisotopic (exact) mass is 233 g/mol. The fraction of sp³-hybridized carbons (Fsp3) is 0.643. The molecule has 2 unspecified atom stereocenters. The van der Waals surface area contributed by atoms with Crippen LogP contribution in [0.2, 0.25) is 0 Å². The lowest BCUT2D eigenvalue weighted by Gasteiger charge is -2.18. The summed E-state index contributed by atoms with van der Waals surface area (Å²) in [4.78, 5) is 6.92. The molecule has 1 aromatic rings. The highest BCUT2D eigenvalue weighted by Crippen LogP contribution is 2.29. The number of hydrogen-bond donors (Lipinski definition) is 1. The highest BCUT2D eigenvalue weighted by Gasteiger charge is 2.36. The average molecular weight is 233 g/mol. The molecule has 3 heterocycles. The summed E-state index contributed by atoms with van der Waals surface area (Å²) in [6.07, 6.45) is 1.96. The second-order valence-corrected chi connectivity index (χ2v) is 4.78. The molecule has 17 heavy (non-hydrogen) atoms. The zero-order chi connectivity index (χ0) is 12.3. The zero-order valence-electron chi connectivity index (χ0n) is 11.1. The first kappa shape index (κ1) is 12.4. The normalized spacial score (nSPS) is 26.4. The molecule has 3 heteroatoms. The van der Waals surface area contributed by atoms with E-state index < -0.39 is 0 Å². The second kappa shape index (κ2) is 5.50.